The number of fused-ring (bicyclic) bond motifs is 1. The van der Waals surface area contributed by atoms with E-state index >= 15 is 0 Å². The summed E-state index contributed by atoms with van der Waals surface area (Å²) in [5.41, 5.74) is 2.57. The second-order valence-corrected chi connectivity index (χ2v) is 7.19. The summed E-state index contributed by atoms with van der Waals surface area (Å²) in [6.07, 6.45) is 1.48. The predicted octanol–water partition coefficient (Wildman–Crippen LogP) is 2.57. The van der Waals surface area contributed by atoms with Crippen molar-refractivity contribution in [3.05, 3.63) is 48.2 Å². The highest BCUT2D eigenvalue weighted by molar-refractivity contribution is 6.03. The van der Waals surface area contributed by atoms with Crippen LogP contribution in [-0.4, -0.2) is 57.3 Å². The highest BCUT2D eigenvalue weighted by Crippen LogP contribution is 2.22. The predicted molar refractivity (Wildman–Crippen MR) is 110 cm³/mol. The topological polar surface area (TPSA) is 83.6 Å². The van der Waals surface area contributed by atoms with E-state index in [1.54, 1.807) is 19.1 Å². The van der Waals surface area contributed by atoms with Crippen molar-refractivity contribution in [3.8, 4) is 0 Å². The third kappa shape index (κ3) is 4.02. The lowest BCUT2D eigenvalue weighted by Gasteiger charge is -2.33. The molecule has 0 spiro atoms. The van der Waals surface area contributed by atoms with E-state index < -0.39 is 0 Å². The van der Waals surface area contributed by atoms with Gasteiger partial charge in [-0.15, -0.1) is 0 Å². The molecule has 0 bridgehead atoms. The highest BCUT2D eigenvalue weighted by atomic mass is 16.3. The number of carbonyl (C=O) groups excluding carboxylic acids is 2. The van der Waals surface area contributed by atoms with Crippen LogP contribution in [-0.2, 0) is 17.9 Å². The molecule has 1 saturated heterocycles. The van der Waals surface area contributed by atoms with Crippen molar-refractivity contribution in [1.82, 2.24) is 19.4 Å². The number of furan rings is 1. The van der Waals surface area contributed by atoms with Crippen molar-refractivity contribution in [2.75, 3.05) is 31.5 Å². The molecule has 0 radical (unpaired) electrons. The van der Waals surface area contributed by atoms with Crippen LogP contribution < -0.4 is 5.32 Å². The van der Waals surface area contributed by atoms with Gasteiger partial charge in [-0.3, -0.25) is 14.5 Å². The fraction of sp³-hybridized carbons (Fsp3) is 0.381. The minimum atomic E-state index is -0.284. The van der Waals surface area contributed by atoms with Gasteiger partial charge in [0, 0.05) is 45.3 Å². The van der Waals surface area contributed by atoms with Gasteiger partial charge in [-0.05, 0) is 37.3 Å². The first-order chi connectivity index (χ1) is 14.0. The molecule has 1 aliphatic rings. The van der Waals surface area contributed by atoms with Crippen LogP contribution in [0.1, 0.15) is 30.2 Å². The summed E-state index contributed by atoms with van der Waals surface area (Å²) in [7, 11) is 0. The largest absolute Gasteiger partial charge is 0.459 e. The maximum atomic E-state index is 12.2. The number of anilines is 1. The summed E-state index contributed by atoms with van der Waals surface area (Å²) in [5, 5.41) is 2.85. The van der Waals surface area contributed by atoms with Gasteiger partial charge in [-0.2, -0.15) is 0 Å². The van der Waals surface area contributed by atoms with Gasteiger partial charge < -0.3 is 19.2 Å². The number of carbonyl (C=O) groups is 2. The molecule has 0 atom stereocenters. The molecule has 8 nitrogen and oxygen atoms in total. The fourth-order valence-corrected chi connectivity index (χ4v) is 3.75. The molecule has 29 heavy (non-hydrogen) atoms. The second kappa shape index (κ2) is 8.08. The zero-order valence-corrected chi connectivity index (χ0v) is 16.7. The molecular weight excluding hydrogens is 370 g/mol. The molecule has 2 amide bonds. The van der Waals surface area contributed by atoms with Gasteiger partial charge in [0.05, 0.1) is 23.8 Å². The molecule has 1 aliphatic heterocycles. The molecule has 1 N–H and O–H groups in total. The van der Waals surface area contributed by atoms with Gasteiger partial charge in [0.1, 0.15) is 5.82 Å². The quantitative estimate of drug-likeness (QED) is 0.718. The molecular formula is C21H25N5O3. The number of aromatic nitrogens is 2. The Morgan fingerprint density at radius 2 is 1.97 bits per heavy atom. The Bertz CT molecular complexity index is 1020. The SMILES string of the molecule is CCn1c(CN2CCN(C(C)=O)CC2)nc2cc(NC(=O)c3ccco3)ccc21. The Labute approximate surface area is 169 Å². The van der Waals surface area contributed by atoms with Crippen LogP contribution in [0.4, 0.5) is 5.69 Å². The van der Waals surface area contributed by atoms with Gasteiger partial charge in [0.2, 0.25) is 5.91 Å². The van der Waals surface area contributed by atoms with Gasteiger partial charge in [-0.25, -0.2) is 4.98 Å². The molecule has 0 saturated carbocycles. The maximum absolute atomic E-state index is 12.2. The second-order valence-electron chi connectivity index (χ2n) is 7.19. The molecule has 3 aromatic rings. The van der Waals surface area contributed by atoms with E-state index in [2.05, 4.69) is 21.7 Å². The Morgan fingerprint density at radius 1 is 1.17 bits per heavy atom. The third-order valence-electron chi connectivity index (χ3n) is 5.33. The van der Waals surface area contributed by atoms with E-state index in [9.17, 15) is 9.59 Å². The van der Waals surface area contributed by atoms with Crippen LogP contribution in [0.25, 0.3) is 11.0 Å². The van der Waals surface area contributed by atoms with E-state index in [1.165, 1.54) is 6.26 Å². The lowest BCUT2D eigenvalue weighted by molar-refractivity contribution is -0.130. The van der Waals surface area contributed by atoms with Crippen LogP contribution in [0.2, 0.25) is 0 Å². The first-order valence-corrected chi connectivity index (χ1v) is 9.87. The minimum absolute atomic E-state index is 0.134. The first kappa shape index (κ1) is 19.2. The summed E-state index contributed by atoms with van der Waals surface area (Å²) in [6.45, 7) is 8.47. The van der Waals surface area contributed by atoms with Gasteiger partial charge >= 0.3 is 0 Å². The first-order valence-electron chi connectivity index (χ1n) is 9.87. The van der Waals surface area contributed by atoms with Crippen molar-refractivity contribution in [2.24, 2.45) is 0 Å². The lowest BCUT2D eigenvalue weighted by atomic mass is 10.2. The number of imidazole rings is 1. The number of nitrogens with one attached hydrogen (secondary N) is 1. The number of rotatable bonds is 5. The normalized spacial score (nSPS) is 15.0. The molecule has 2 aromatic heterocycles. The van der Waals surface area contributed by atoms with Crippen molar-refractivity contribution >= 4 is 28.5 Å². The number of aryl methyl sites for hydroxylation is 1. The zero-order valence-electron chi connectivity index (χ0n) is 16.7. The number of amides is 2. The summed E-state index contributed by atoms with van der Waals surface area (Å²) < 4.78 is 7.34. The highest BCUT2D eigenvalue weighted by Gasteiger charge is 2.21. The number of piperazine rings is 1. The molecule has 1 aromatic carbocycles. The van der Waals surface area contributed by atoms with Gasteiger partial charge in [0.25, 0.3) is 5.91 Å². The average molecular weight is 395 g/mol. The summed E-state index contributed by atoms with van der Waals surface area (Å²) in [6, 6.07) is 9.07. The van der Waals surface area contributed by atoms with Crippen LogP contribution >= 0.6 is 0 Å². The maximum Gasteiger partial charge on any atom is 0.291 e. The van der Waals surface area contributed by atoms with E-state index in [1.807, 2.05) is 23.1 Å². The van der Waals surface area contributed by atoms with Gasteiger partial charge in [0.15, 0.2) is 5.76 Å². The zero-order chi connectivity index (χ0) is 20.4. The van der Waals surface area contributed by atoms with Crippen LogP contribution in [0.5, 0.6) is 0 Å². The molecule has 1 fully saturated rings. The lowest BCUT2D eigenvalue weighted by Crippen LogP contribution is -2.47. The van der Waals surface area contributed by atoms with Crippen LogP contribution in [0, 0.1) is 0 Å². The van der Waals surface area contributed by atoms with E-state index in [0.717, 1.165) is 56.1 Å². The van der Waals surface area contributed by atoms with Crippen molar-refractivity contribution in [1.29, 1.82) is 0 Å². The van der Waals surface area contributed by atoms with Crippen molar-refractivity contribution in [3.63, 3.8) is 0 Å². The fourth-order valence-electron chi connectivity index (χ4n) is 3.75. The molecule has 0 aliphatic carbocycles. The Kier molecular flexibility index (Phi) is 5.35. The summed E-state index contributed by atoms with van der Waals surface area (Å²) >= 11 is 0. The number of hydrogen-bond donors (Lipinski definition) is 1. The number of nitrogens with zero attached hydrogens (tertiary/aromatic N) is 4. The van der Waals surface area contributed by atoms with Crippen LogP contribution in [0.15, 0.2) is 41.0 Å². The van der Waals surface area contributed by atoms with Gasteiger partial charge in [-0.1, -0.05) is 0 Å². The Hall–Kier alpha value is -3.13. The summed E-state index contributed by atoms with van der Waals surface area (Å²) in [4.78, 5) is 32.8. The molecule has 152 valence electrons. The Balaban J connectivity index is 1.51. The molecule has 4 rings (SSSR count). The number of hydrogen-bond acceptors (Lipinski definition) is 5. The van der Waals surface area contributed by atoms with E-state index in [4.69, 9.17) is 9.40 Å². The minimum Gasteiger partial charge on any atom is -0.459 e. The monoisotopic (exact) mass is 395 g/mol. The smallest absolute Gasteiger partial charge is 0.291 e. The standard InChI is InChI=1S/C21H25N5O3/c1-3-26-18-7-6-16(22-21(28)19-5-4-12-29-19)13-17(18)23-20(26)14-24-8-10-25(11-9-24)15(2)27/h4-7,12-13H,3,8-11,14H2,1-2H3,(H,22,28). The average Bonchev–Trinajstić information content (AvgIpc) is 3.35. The van der Waals surface area contributed by atoms with Crippen LogP contribution in [0.3, 0.4) is 0 Å². The van der Waals surface area contributed by atoms with Crippen molar-refractivity contribution < 1.29 is 14.0 Å². The van der Waals surface area contributed by atoms with E-state index in [-0.39, 0.29) is 17.6 Å². The van der Waals surface area contributed by atoms with E-state index in [0.29, 0.717) is 5.69 Å². The molecule has 3 heterocycles. The Morgan fingerprint density at radius 3 is 2.62 bits per heavy atom. The third-order valence-corrected chi connectivity index (χ3v) is 5.33. The number of benzene rings is 1. The molecule has 0 unspecified atom stereocenters. The molecule has 8 heteroatoms. The summed E-state index contributed by atoms with van der Waals surface area (Å²) in [5.74, 6) is 1.12. The van der Waals surface area contributed by atoms with Crippen molar-refractivity contribution in [2.45, 2.75) is 26.9 Å².